The van der Waals surface area contributed by atoms with Gasteiger partial charge in [0.15, 0.2) is 10.9 Å². The van der Waals surface area contributed by atoms with Crippen LogP contribution in [0, 0.1) is 0 Å². The van der Waals surface area contributed by atoms with E-state index in [1.165, 1.54) is 25.1 Å². The van der Waals surface area contributed by atoms with Gasteiger partial charge in [-0.3, -0.25) is 9.59 Å². The smallest absolute Gasteiger partial charge is 0.240 e. The first-order valence-corrected chi connectivity index (χ1v) is 11.6. The monoisotopic (exact) mass is 427 g/mol. The van der Waals surface area contributed by atoms with Gasteiger partial charge in [-0.15, -0.1) is 0 Å². The summed E-state index contributed by atoms with van der Waals surface area (Å²) in [7, 11) is -3.75. The van der Waals surface area contributed by atoms with Gasteiger partial charge in [0.25, 0.3) is 0 Å². The average Bonchev–Trinajstić information content (AvgIpc) is 2.72. The van der Waals surface area contributed by atoms with Crippen LogP contribution in [-0.2, 0) is 21.2 Å². The molecular weight excluding hydrogens is 406 g/mol. The third-order valence-electron chi connectivity index (χ3n) is 4.44. The molecule has 3 aromatic rings. The summed E-state index contributed by atoms with van der Waals surface area (Å²) in [6.45, 7) is 1.63. The Morgan fingerprint density at radius 3 is 2.48 bits per heavy atom. The number of nitrogens with one attached hydrogen (secondary N) is 1. The van der Waals surface area contributed by atoms with E-state index in [2.05, 4.69) is 4.72 Å². The summed E-state index contributed by atoms with van der Waals surface area (Å²) in [5, 5.41) is 2.06. The van der Waals surface area contributed by atoms with Gasteiger partial charge in [-0.1, -0.05) is 66.4 Å². The lowest BCUT2D eigenvalue weighted by atomic mass is 10.0. The van der Waals surface area contributed by atoms with Crippen molar-refractivity contribution in [2.45, 2.75) is 18.2 Å². The maximum atomic E-state index is 12.6. The van der Waals surface area contributed by atoms with Crippen LogP contribution in [-0.4, -0.2) is 31.6 Å². The highest BCUT2D eigenvalue weighted by atomic mass is 32.2. The highest BCUT2D eigenvalue weighted by Gasteiger charge is 2.16. The van der Waals surface area contributed by atoms with Crippen LogP contribution in [0.25, 0.3) is 10.8 Å². The van der Waals surface area contributed by atoms with Crippen LogP contribution in [0.3, 0.4) is 0 Å². The fraction of sp³-hybridized carbons (Fsp3) is 0.182. The van der Waals surface area contributed by atoms with Gasteiger partial charge in [0.2, 0.25) is 10.0 Å². The standard InChI is InChI=1S/C22H21NO4S2/c1-16(24)28-15-22(25)19-9-5-10-20(14-19)29(26,27)23-13-12-18-8-4-7-17-6-2-3-11-21(17)18/h2-11,14,23H,12-13,15H2,1H3. The number of Topliss-reactive ketones (excluding diaryl/α,β-unsaturated/α-hetero) is 1. The molecule has 0 unspecified atom stereocenters. The Morgan fingerprint density at radius 1 is 0.966 bits per heavy atom. The third-order valence-corrected chi connectivity index (χ3v) is 6.71. The first-order chi connectivity index (χ1) is 13.9. The minimum absolute atomic E-state index is 0.00660. The second-order valence-corrected chi connectivity index (χ2v) is 9.44. The predicted octanol–water partition coefficient (Wildman–Crippen LogP) is 3.82. The third kappa shape index (κ3) is 5.53. The number of benzene rings is 3. The maximum absolute atomic E-state index is 12.6. The molecule has 0 saturated carbocycles. The van der Waals surface area contributed by atoms with Crippen LogP contribution in [0.1, 0.15) is 22.8 Å². The lowest BCUT2D eigenvalue weighted by molar-refractivity contribution is -0.109. The summed E-state index contributed by atoms with van der Waals surface area (Å²) in [5.41, 5.74) is 1.34. The number of hydrogen-bond donors (Lipinski definition) is 1. The number of fused-ring (bicyclic) bond motifs is 1. The van der Waals surface area contributed by atoms with Crippen molar-refractivity contribution in [2.75, 3.05) is 12.3 Å². The van der Waals surface area contributed by atoms with Gasteiger partial charge in [-0.05, 0) is 34.9 Å². The predicted molar refractivity (Wildman–Crippen MR) is 117 cm³/mol. The molecule has 0 heterocycles. The SMILES string of the molecule is CC(=O)SCC(=O)c1cccc(S(=O)(=O)NCCc2cccc3ccccc23)c1. The van der Waals surface area contributed by atoms with E-state index in [-0.39, 0.29) is 33.7 Å². The summed E-state index contributed by atoms with van der Waals surface area (Å²) < 4.78 is 27.9. The van der Waals surface area contributed by atoms with Crippen molar-refractivity contribution in [1.29, 1.82) is 0 Å². The molecule has 7 heteroatoms. The lowest BCUT2D eigenvalue weighted by Gasteiger charge is -2.10. The molecule has 0 spiro atoms. The molecule has 1 N–H and O–H groups in total. The van der Waals surface area contributed by atoms with E-state index in [1.807, 2.05) is 42.5 Å². The summed E-state index contributed by atoms with van der Waals surface area (Å²) >= 11 is 0.906. The number of carbonyl (C=O) groups excluding carboxylic acids is 2. The number of sulfonamides is 1. The number of rotatable bonds is 8. The van der Waals surface area contributed by atoms with Gasteiger partial charge < -0.3 is 0 Å². The number of ketones is 1. The molecule has 150 valence electrons. The van der Waals surface area contributed by atoms with E-state index >= 15 is 0 Å². The van der Waals surface area contributed by atoms with E-state index in [0.29, 0.717) is 6.42 Å². The Bertz CT molecular complexity index is 1150. The Hall–Kier alpha value is -2.48. The highest BCUT2D eigenvalue weighted by Crippen LogP contribution is 2.19. The minimum atomic E-state index is -3.75. The number of thioether (sulfide) groups is 1. The van der Waals surface area contributed by atoms with E-state index < -0.39 is 10.0 Å². The second-order valence-electron chi connectivity index (χ2n) is 6.52. The van der Waals surface area contributed by atoms with Crippen molar-refractivity contribution in [3.05, 3.63) is 77.9 Å². The average molecular weight is 428 g/mol. The first-order valence-electron chi connectivity index (χ1n) is 9.10. The van der Waals surface area contributed by atoms with Crippen molar-refractivity contribution in [3.63, 3.8) is 0 Å². The molecule has 0 bridgehead atoms. The van der Waals surface area contributed by atoms with Gasteiger partial charge in [0.05, 0.1) is 10.6 Å². The highest BCUT2D eigenvalue weighted by molar-refractivity contribution is 8.14. The molecule has 29 heavy (non-hydrogen) atoms. The zero-order valence-corrected chi connectivity index (χ0v) is 17.6. The van der Waals surface area contributed by atoms with Gasteiger partial charge in [-0.2, -0.15) is 0 Å². The van der Waals surface area contributed by atoms with Crippen LogP contribution in [0.4, 0.5) is 0 Å². The van der Waals surface area contributed by atoms with Gasteiger partial charge >= 0.3 is 0 Å². The van der Waals surface area contributed by atoms with Crippen LogP contribution < -0.4 is 4.72 Å². The van der Waals surface area contributed by atoms with E-state index in [9.17, 15) is 18.0 Å². The van der Waals surface area contributed by atoms with Crippen molar-refractivity contribution in [2.24, 2.45) is 0 Å². The van der Waals surface area contributed by atoms with Crippen LogP contribution in [0.2, 0.25) is 0 Å². The summed E-state index contributed by atoms with van der Waals surface area (Å²) in [6, 6.07) is 19.8. The molecule has 0 aromatic heterocycles. The normalized spacial score (nSPS) is 11.5. The Kier molecular flexibility index (Phi) is 6.84. The topological polar surface area (TPSA) is 80.3 Å². The molecule has 3 rings (SSSR count). The molecule has 0 aliphatic heterocycles. The molecule has 0 saturated heterocycles. The number of hydrogen-bond acceptors (Lipinski definition) is 5. The molecule has 0 aliphatic rings. The van der Waals surface area contributed by atoms with Gasteiger partial charge in [0, 0.05) is 19.0 Å². The largest absolute Gasteiger partial charge is 0.293 e. The molecular formula is C22H21NO4S2. The summed E-state index contributed by atoms with van der Waals surface area (Å²) in [4.78, 5) is 23.2. The van der Waals surface area contributed by atoms with Crippen molar-refractivity contribution < 1.29 is 18.0 Å². The Labute approximate surface area is 174 Å². The maximum Gasteiger partial charge on any atom is 0.240 e. The quantitative estimate of drug-likeness (QED) is 0.553. The molecule has 0 radical (unpaired) electrons. The molecule has 0 atom stereocenters. The molecule has 3 aromatic carbocycles. The van der Waals surface area contributed by atoms with Crippen molar-refractivity contribution in [3.8, 4) is 0 Å². The Balaban J connectivity index is 1.69. The molecule has 0 aliphatic carbocycles. The van der Waals surface area contributed by atoms with Gasteiger partial charge in [-0.25, -0.2) is 13.1 Å². The van der Waals surface area contributed by atoms with Crippen molar-refractivity contribution >= 4 is 43.5 Å². The van der Waals surface area contributed by atoms with Crippen LogP contribution in [0.15, 0.2) is 71.6 Å². The molecule has 5 nitrogen and oxygen atoms in total. The zero-order valence-electron chi connectivity index (χ0n) is 15.9. The second kappa shape index (κ2) is 9.35. The van der Waals surface area contributed by atoms with Crippen LogP contribution >= 0.6 is 11.8 Å². The number of carbonyl (C=O) groups is 2. The van der Waals surface area contributed by atoms with E-state index in [1.54, 1.807) is 6.07 Å². The first kappa shape index (κ1) is 21.2. The molecule has 0 fully saturated rings. The van der Waals surface area contributed by atoms with Crippen molar-refractivity contribution in [1.82, 2.24) is 4.72 Å². The zero-order chi connectivity index (χ0) is 20.9. The summed E-state index contributed by atoms with van der Waals surface area (Å²) in [6.07, 6.45) is 0.550. The molecule has 0 amide bonds. The lowest BCUT2D eigenvalue weighted by Crippen LogP contribution is -2.26. The fourth-order valence-corrected chi connectivity index (χ4v) is 4.58. The fourth-order valence-electron chi connectivity index (χ4n) is 3.00. The Morgan fingerprint density at radius 2 is 1.69 bits per heavy atom. The van der Waals surface area contributed by atoms with Gasteiger partial charge in [0.1, 0.15) is 0 Å². The summed E-state index contributed by atoms with van der Waals surface area (Å²) in [5.74, 6) is -0.286. The minimum Gasteiger partial charge on any atom is -0.293 e. The van der Waals surface area contributed by atoms with E-state index in [0.717, 1.165) is 28.1 Å². The van der Waals surface area contributed by atoms with Crippen LogP contribution in [0.5, 0.6) is 0 Å². The van der Waals surface area contributed by atoms with E-state index in [4.69, 9.17) is 0 Å².